The number of methoxy groups -OCH3 is 1. The summed E-state index contributed by atoms with van der Waals surface area (Å²) in [6.07, 6.45) is -0.379. The Morgan fingerprint density at radius 3 is 2.50 bits per heavy atom. The van der Waals surface area contributed by atoms with Crippen molar-refractivity contribution >= 4 is 0 Å². The van der Waals surface area contributed by atoms with Gasteiger partial charge in [-0.05, 0) is 24.6 Å². The van der Waals surface area contributed by atoms with Crippen molar-refractivity contribution < 1.29 is 19.8 Å². The first-order chi connectivity index (χ1) is 6.60. The van der Waals surface area contributed by atoms with Crippen molar-refractivity contribution in [2.24, 2.45) is 5.90 Å². The fourth-order valence-corrected chi connectivity index (χ4v) is 1.08. The van der Waals surface area contributed by atoms with Crippen LogP contribution in [0.4, 0.5) is 0 Å². The standard InChI is InChI=1S/C9H13NO4/c1-5(14-10)6-3-7(11)9(12)8(4-6)13-2/h3-5,11-12H,10H2,1-2H3. The second kappa shape index (κ2) is 4.17. The maximum absolute atomic E-state index is 9.33. The molecule has 0 saturated heterocycles. The Bertz CT molecular complexity index is 327. The van der Waals surface area contributed by atoms with Crippen molar-refractivity contribution in [1.82, 2.24) is 0 Å². The summed E-state index contributed by atoms with van der Waals surface area (Å²) in [5.41, 5.74) is 0.625. The fourth-order valence-electron chi connectivity index (χ4n) is 1.08. The van der Waals surface area contributed by atoms with Gasteiger partial charge in [-0.2, -0.15) is 0 Å². The van der Waals surface area contributed by atoms with Gasteiger partial charge in [-0.3, -0.25) is 4.84 Å². The highest BCUT2D eigenvalue weighted by atomic mass is 16.6. The number of hydrogen-bond acceptors (Lipinski definition) is 5. The Hall–Kier alpha value is -1.46. The number of phenols is 2. The maximum Gasteiger partial charge on any atom is 0.200 e. The van der Waals surface area contributed by atoms with Crippen molar-refractivity contribution in [3.8, 4) is 17.2 Å². The Morgan fingerprint density at radius 1 is 1.36 bits per heavy atom. The van der Waals surface area contributed by atoms with Crippen LogP contribution in [-0.2, 0) is 4.84 Å². The number of benzene rings is 1. The van der Waals surface area contributed by atoms with E-state index in [-0.39, 0.29) is 23.4 Å². The summed E-state index contributed by atoms with van der Waals surface area (Å²) in [7, 11) is 1.40. The van der Waals surface area contributed by atoms with Crippen molar-refractivity contribution in [2.75, 3.05) is 7.11 Å². The smallest absolute Gasteiger partial charge is 0.200 e. The molecule has 1 aromatic rings. The first kappa shape index (κ1) is 10.6. The molecule has 0 amide bonds. The summed E-state index contributed by atoms with van der Waals surface area (Å²) in [6, 6.07) is 2.92. The zero-order valence-corrected chi connectivity index (χ0v) is 8.02. The first-order valence-electron chi connectivity index (χ1n) is 4.05. The van der Waals surface area contributed by atoms with Crippen molar-refractivity contribution in [3.05, 3.63) is 17.7 Å². The van der Waals surface area contributed by atoms with Gasteiger partial charge in [-0.15, -0.1) is 0 Å². The number of ether oxygens (including phenoxy) is 1. The third-order valence-electron chi connectivity index (χ3n) is 1.97. The van der Waals surface area contributed by atoms with Crippen molar-refractivity contribution in [3.63, 3.8) is 0 Å². The minimum absolute atomic E-state index is 0.184. The van der Waals surface area contributed by atoms with Gasteiger partial charge in [0.25, 0.3) is 0 Å². The number of phenolic OH excluding ortho intramolecular Hbond substituents is 2. The van der Waals surface area contributed by atoms with E-state index >= 15 is 0 Å². The van der Waals surface area contributed by atoms with Gasteiger partial charge in [0.1, 0.15) is 6.10 Å². The van der Waals surface area contributed by atoms with E-state index in [0.717, 1.165) is 0 Å². The predicted octanol–water partition coefficient (Wildman–Crippen LogP) is 1.06. The predicted molar refractivity (Wildman–Crippen MR) is 50.0 cm³/mol. The van der Waals surface area contributed by atoms with Crippen LogP contribution in [0.1, 0.15) is 18.6 Å². The summed E-state index contributed by atoms with van der Waals surface area (Å²) >= 11 is 0. The van der Waals surface area contributed by atoms with E-state index in [2.05, 4.69) is 4.84 Å². The molecule has 14 heavy (non-hydrogen) atoms. The summed E-state index contributed by atoms with van der Waals surface area (Å²) in [5, 5.41) is 18.7. The van der Waals surface area contributed by atoms with E-state index in [9.17, 15) is 10.2 Å². The zero-order chi connectivity index (χ0) is 10.7. The Labute approximate surface area is 81.6 Å². The topological polar surface area (TPSA) is 84.9 Å². The van der Waals surface area contributed by atoms with Crippen LogP contribution in [0.5, 0.6) is 17.2 Å². The van der Waals surface area contributed by atoms with Gasteiger partial charge in [0.2, 0.25) is 5.75 Å². The summed E-state index contributed by atoms with van der Waals surface area (Å²) in [6.45, 7) is 1.71. The lowest BCUT2D eigenvalue weighted by molar-refractivity contribution is 0.0660. The molecule has 0 radical (unpaired) electrons. The largest absolute Gasteiger partial charge is 0.504 e. The molecule has 78 valence electrons. The van der Waals surface area contributed by atoms with Gasteiger partial charge in [-0.25, -0.2) is 5.90 Å². The molecule has 0 fully saturated rings. The fraction of sp³-hybridized carbons (Fsp3) is 0.333. The van der Waals surface area contributed by atoms with E-state index in [1.165, 1.54) is 13.2 Å². The minimum atomic E-state index is -0.379. The van der Waals surface area contributed by atoms with Gasteiger partial charge in [0.15, 0.2) is 11.5 Å². The molecule has 0 aromatic heterocycles. The molecule has 5 heteroatoms. The molecule has 0 aliphatic carbocycles. The molecule has 0 spiro atoms. The van der Waals surface area contributed by atoms with Crippen LogP contribution in [0.3, 0.4) is 0 Å². The lowest BCUT2D eigenvalue weighted by Gasteiger charge is -2.12. The highest BCUT2D eigenvalue weighted by molar-refractivity contribution is 5.52. The molecule has 1 unspecified atom stereocenters. The Balaban J connectivity index is 3.16. The molecule has 0 aliphatic heterocycles. The number of nitrogens with two attached hydrogens (primary N) is 1. The molecule has 0 aliphatic rings. The van der Waals surface area contributed by atoms with Crippen molar-refractivity contribution in [1.29, 1.82) is 0 Å². The molecule has 1 aromatic carbocycles. The molecule has 0 heterocycles. The normalized spacial score (nSPS) is 12.5. The lowest BCUT2D eigenvalue weighted by Crippen LogP contribution is -2.05. The van der Waals surface area contributed by atoms with E-state index in [0.29, 0.717) is 5.56 Å². The molecule has 1 atom stereocenters. The summed E-state index contributed by atoms with van der Waals surface area (Å²) in [5.74, 6) is 4.63. The van der Waals surface area contributed by atoms with Crippen LogP contribution in [0, 0.1) is 0 Å². The van der Waals surface area contributed by atoms with Crippen LogP contribution < -0.4 is 10.6 Å². The van der Waals surface area contributed by atoms with E-state index < -0.39 is 0 Å². The molecule has 4 N–H and O–H groups in total. The molecule has 0 bridgehead atoms. The first-order valence-corrected chi connectivity index (χ1v) is 4.05. The van der Waals surface area contributed by atoms with Crippen LogP contribution in [-0.4, -0.2) is 17.3 Å². The van der Waals surface area contributed by atoms with Gasteiger partial charge < -0.3 is 14.9 Å². The highest BCUT2D eigenvalue weighted by Gasteiger charge is 2.13. The zero-order valence-electron chi connectivity index (χ0n) is 8.02. The van der Waals surface area contributed by atoms with Gasteiger partial charge in [0.05, 0.1) is 7.11 Å². The third kappa shape index (κ3) is 1.89. The minimum Gasteiger partial charge on any atom is -0.504 e. The third-order valence-corrected chi connectivity index (χ3v) is 1.97. The van der Waals surface area contributed by atoms with Crippen LogP contribution in [0.25, 0.3) is 0 Å². The second-order valence-electron chi connectivity index (χ2n) is 2.87. The van der Waals surface area contributed by atoms with Crippen LogP contribution in [0.2, 0.25) is 0 Å². The van der Waals surface area contributed by atoms with Gasteiger partial charge in [-0.1, -0.05) is 0 Å². The molecule has 1 rings (SSSR count). The average molecular weight is 199 g/mol. The molecule has 0 saturated carbocycles. The van der Waals surface area contributed by atoms with Gasteiger partial charge >= 0.3 is 0 Å². The molecule has 5 nitrogen and oxygen atoms in total. The van der Waals surface area contributed by atoms with E-state index in [1.54, 1.807) is 13.0 Å². The Kier molecular flexibility index (Phi) is 3.16. The van der Waals surface area contributed by atoms with E-state index in [4.69, 9.17) is 10.6 Å². The molecular formula is C9H13NO4. The van der Waals surface area contributed by atoms with Crippen LogP contribution in [0.15, 0.2) is 12.1 Å². The highest BCUT2D eigenvalue weighted by Crippen LogP contribution is 2.38. The maximum atomic E-state index is 9.33. The summed E-state index contributed by atoms with van der Waals surface area (Å²) < 4.78 is 4.85. The van der Waals surface area contributed by atoms with Crippen molar-refractivity contribution in [2.45, 2.75) is 13.0 Å². The number of rotatable bonds is 3. The average Bonchev–Trinajstić information content (AvgIpc) is 2.20. The number of aromatic hydroxyl groups is 2. The van der Waals surface area contributed by atoms with Crippen LogP contribution >= 0.6 is 0 Å². The van der Waals surface area contributed by atoms with E-state index in [1.807, 2.05) is 0 Å². The second-order valence-corrected chi connectivity index (χ2v) is 2.87. The quantitative estimate of drug-likeness (QED) is 0.500. The molecular weight excluding hydrogens is 186 g/mol. The monoisotopic (exact) mass is 199 g/mol. The lowest BCUT2D eigenvalue weighted by atomic mass is 10.1. The number of hydrogen-bond donors (Lipinski definition) is 3. The van der Waals surface area contributed by atoms with Gasteiger partial charge in [0, 0.05) is 0 Å². The summed E-state index contributed by atoms with van der Waals surface area (Å²) in [4.78, 5) is 4.58. The SMILES string of the molecule is COc1cc(C(C)ON)cc(O)c1O. The Morgan fingerprint density at radius 2 is 2.00 bits per heavy atom.